The molecule has 198 valence electrons. The predicted octanol–water partition coefficient (Wildman–Crippen LogP) is 3.88. The van der Waals surface area contributed by atoms with E-state index in [-0.39, 0.29) is 29.6 Å². The molecule has 0 unspecified atom stereocenters. The molecular weight excluding hydrogens is 507 g/mol. The first-order valence-electron chi connectivity index (χ1n) is 10.7. The first-order valence-corrected chi connectivity index (χ1v) is 10.7. The minimum Gasteiger partial charge on any atom is -0.497 e. The van der Waals surface area contributed by atoms with E-state index in [1.54, 1.807) is 56.6 Å². The van der Waals surface area contributed by atoms with Gasteiger partial charge >= 0.3 is 12.1 Å². The lowest BCUT2D eigenvalue weighted by Gasteiger charge is -2.13. The highest BCUT2D eigenvalue weighted by Gasteiger charge is 2.38. The quantitative estimate of drug-likeness (QED) is 0.360. The van der Waals surface area contributed by atoms with Gasteiger partial charge in [-0.15, -0.1) is 0 Å². The second kappa shape index (κ2) is 13.3. The summed E-state index contributed by atoms with van der Waals surface area (Å²) in [6, 6.07) is 17.7. The molecule has 0 saturated heterocycles. The molecule has 0 atom stereocenters. The van der Waals surface area contributed by atoms with Crippen molar-refractivity contribution < 1.29 is 37.4 Å². The fourth-order valence-electron chi connectivity index (χ4n) is 2.90. The van der Waals surface area contributed by atoms with Crippen molar-refractivity contribution in [1.82, 2.24) is 10.3 Å². The van der Waals surface area contributed by atoms with Crippen molar-refractivity contribution in [1.29, 1.82) is 5.26 Å². The fraction of sp³-hybridized carbons (Fsp3) is 0.160. The lowest BCUT2D eigenvalue weighted by atomic mass is 10.1. The monoisotopic (exact) mass is 529 g/mol. The van der Waals surface area contributed by atoms with E-state index in [2.05, 4.69) is 27.0 Å². The van der Waals surface area contributed by atoms with Crippen LogP contribution in [0.2, 0.25) is 0 Å². The molecule has 0 aliphatic heterocycles. The molecule has 0 bridgehead atoms. The number of nitrogens with one attached hydrogen (secondary N) is 3. The van der Waals surface area contributed by atoms with Gasteiger partial charge in [-0.25, -0.2) is 9.78 Å². The van der Waals surface area contributed by atoms with Crippen LogP contribution in [0.1, 0.15) is 21.5 Å². The number of hydrogen-bond acceptors (Lipinski definition) is 7. The second-order valence-corrected chi connectivity index (χ2v) is 7.35. The number of carboxylic acids is 1. The average molecular weight is 529 g/mol. The number of nitriles is 1. The minimum absolute atomic E-state index is 0.161. The summed E-state index contributed by atoms with van der Waals surface area (Å²) in [6.45, 7) is 0. The average Bonchev–Trinajstić information content (AvgIpc) is 2.89. The van der Waals surface area contributed by atoms with E-state index in [0.29, 0.717) is 22.7 Å². The summed E-state index contributed by atoms with van der Waals surface area (Å²) >= 11 is 0. The number of alkyl halides is 3. The number of aliphatic carboxylic acids is 1. The Hall–Kier alpha value is -5.12. The Morgan fingerprint density at radius 2 is 1.71 bits per heavy atom. The highest BCUT2D eigenvalue weighted by molar-refractivity contribution is 6.00. The number of benzene rings is 2. The molecule has 2 aromatic carbocycles. The van der Waals surface area contributed by atoms with Gasteiger partial charge in [0.1, 0.15) is 17.6 Å². The Kier molecular flexibility index (Phi) is 10.2. The maximum Gasteiger partial charge on any atom is 0.490 e. The zero-order valence-electron chi connectivity index (χ0n) is 20.1. The number of ether oxygens (including phenoxy) is 1. The lowest BCUT2D eigenvalue weighted by molar-refractivity contribution is -0.192. The molecule has 0 spiro atoms. The van der Waals surface area contributed by atoms with Crippen molar-refractivity contribution in [2.45, 2.75) is 12.6 Å². The molecule has 0 fully saturated rings. The third-order valence-corrected chi connectivity index (χ3v) is 4.73. The molecule has 38 heavy (non-hydrogen) atoms. The van der Waals surface area contributed by atoms with Gasteiger partial charge in [0.15, 0.2) is 0 Å². The molecule has 0 radical (unpaired) electrons. The van der Waals surface area contributed by atoms with Crippen LogP contribution in [-0.2, 0) is 16.0 Å². The minimum atomic E-state index is -5.08. The molecule has 0 aliphatic carbocycles. The van der Waals surface area contributed by atoms with Crippen molar-refractivity contribution in [2.24, 2.45) is 0 Å². The standard InChI is InChI=1S/C23H21N5O3.C2HF3O2/c1-25-23(30)18-5-3-4-6-19(18)27-20-12-21(26-14-16(20)13-24)28-22(29)11-15-7-9-17(31-2)10-8-15;3-2(4,5)1(6)7/h3-10,12,14H,11H2,1-2H3,(H,25,30)(H2,26,27,28,29);(H,6,7). The number of pyridine rings is 1. The van der Waals surface area contributed by atoms with Crippen molar-refractivity contribution in [2.75, 3.05) is 24.8 Å². The third-order valence-electron chi connectivity index (χ3n) is 4.73. The van der Waals surface area contributed by atoms with Crippen LogP contribution in [0.3, 0.4) is 0 Å². The van der Waals surface area contributed by atoms with E-state index in [1.807, 2.05) is 12.1 Å². The molecule has 0 saturated carbocycles. The number of carbonyl (C=O) groups excluding carboxylic acids is 2. The topological polar surface area (TPSA) is 153 Å². The van der Waals surface area contributed by atoms with Crippen LogP contribution in [0.15, 0.2) is 60.8 Å². The Bertz CT molecular complexity index is 1340. The van der Waals surface area contributed by atoms with Gasteiger partial charge < -0.3 is 25.8 Å². The number of para-hydroxylation sites is 1. The predicted molar refractivity (Wildman–Crippen MR) is 131 cm³/mol. The maximum atomic E-state index is 12.4. The van der Waals surface area contributed by atoms with E-state index in [0.717, 1.165) is 5.56 Å². The van der Waals surface area contributed by atoms with Crippen LogP contribution in [0.5, 0.6) is 5.75 Å². The molecule has 3 rings (SSSR count). The summed E-state index contributed by atoms with van der Waals surface area (Å²) in [7, 11) is 3.12. The summed E-state index contributed by atoms with van der Waals surface area (Å²) in [5.41, 5.74) is 2.48. The summed E-state index contributed by atoms with van der Waals surface area (Å²) < 4.78 is 36.9. The molecule has 10 nitrogen and oxygen atoms in total. The second-order valence-electron chi connectivity index (χ2n) is 7.35. The van der Waals surface area contributed by atoms with Gasteiger partial charge in [-0.1, -0.05) is 24.3 Å². The van der Waals surface area contributed by atoms with Crippen LogP contribution in [-0.4, -0.2) is 48.2 Å². The zero-order chi connectivity index (χ0) is 28.3. The number of halogens is 3. The largest absolute Gasteiger partial charge is 0.497 e. The smallest absolute Gasteiger partial charge is 0.490 e. The molecule has 1 heterocycles. The Labute approximate surface area is 215 Å². The molecule has 2 amide bonds. The summed E-state index contributed by atoms with van der Waals surface area (Å²) in [5, 5.41) is 25.0. The highest BCUT2D eigenvalue weighted by Crippen LogP contribution is 2.25. The van der Waals surface area contributed by atoms with Crippen LogP contribution in [0, 0.1) is 11.3 Å². The first kappa shape index (κ1) is 29.1. The van der Waals surface area contributed by atoms with Crippen molar-refractivity contribution in [3.05, 3.63) is 77.5 Å². The van der Waals surface area contributed by atoms with Crippen LogP contribution in [0.4, 0.5) is 30.4 Å². The molecule has 4 N–H and O–H groups in total. The lowest BCUT2D eigenvalue weighted by Crippen LogP contribution is -2.21. The maximum absolute atomic E-state index is 12.4. The van der Waals surface area contributed by atoms with Gasteiger partial charge in [-0.3, -0.25) is 9.59 Å². The number of amides is 2. The number of anilines is 3. The van der Waals surface area contributed by atoms with Gasteiger partial charge in [0.2, 0.25) is 5.91 Å². The first-order chi connectivity index (χ1) is 18.0. The SMILES string of the molecule is CNC(=O)c1ccccc1Nc1cc(NC(=O)Cc2ccc(OC)cc2)ncc1C#N.O=C(O)C(F)(F)F. The summed E-state index contributed by atoms with van der Waals surface area (Å²) in [5.74, 6) is -2.27. The number of hydrogen-bond donors (Lipinski definition) is 4. The van der Waals surface area contributed by atoms with E-state index in [9.17, 15) is 28.0 Å². The van der Waals surface area contributed by atoms with E-state index in [4.69, 9.17) is 14.6 Å². The molecule has 3 aromatic rings. The number of nitrogens with zero attached hydrogens (tertiary/aromatic N) is 2. The van der Waals surface area contributed by atoms with Crippen LogP contribution >= 0.6 is 0 Å². The molecule has 1 aromatic heterocycles. The van der Waals surface area contributed by atoms with Crippen LogP contribution in [0.25, 0.3) is 0 Å². The Morgan fingerprint density at radius 3 is 2.26 bits per heavy atom. The number of carbonyl (C=O) groups is 3. The van der Waals surface area contributed by atoms with Crippen molar-refractivity contribution >= 4 is 35.0 Å². The number of rotatable bonds is 7. The summed E-state index contributed by atoms with van der Waals surface area (Å²) in [4.78, 5) is 37.6. The van der Waals surface area contributed by atoms with Gasteiger partial charge in [-0.05, 0) is 29.8 Å². The number of methoxy groups -OCH3 is 1. The Balaban J connectivity index is 0.000000638. The normalized spacial score (nSPS) is 10.2. The molecular formula is C25H22F3N5O5. The van der Waals surface area contributed by atoms with Gasteiger partial charge in [0.25, 0.3) is 5.91 Å². The number of carboxylic acid groups (broad SMARTS) is 1. The van der Waals surface area contributed by atoms with Gasteiger partial charge in [0.05, 0.1) is 36.0 Å². The zero-order valence-corrected chi connectivity index (χ0v) is 20.1. The molecule has 0 aliphatic rings. The van der Waals surface area contributed by atoms with Gasteiger partial charge in [0, 0.05) is 19.3 Å². The van der Waals surface area contributed by atoms with Gasteiger partial charge in [-0.2, -0.15) is 18.4 Å². The number of aromatic nitrogens is 1. The van der Waals surface area contributed by atoms with E-state index >= 15 is 0 Å². The third kappa shape index (κ3) is 8.52. The fourth-order valence-corrected chi connectivity index (χ4v) is 2.90. The van der Waals surface area contributed by atoms with E-state index in [1.165, 1.54) is 6.20 Å². The summed E-state index contributed by atoms with van der Waals surface area (Å²) in [6.07, 6.45) is -3.55. The Morgan fingerprint density at radius 1 is 1.08 bits per heavy atom. The van der Waals surface area contributed by atoms with Crippen LogP contribution < -0.4 is 20.7 Å². The van der Waals surface area contributed by atoms with Crippen molar-refractivity contribution in [3.8, 4) is 11.8 Å². The van der Waals surface area contributed by atoms with Crippen molar-refractivity contribution in [3.63, 3.8) is 0 Å². The highest BCUT2D eigenvalue weighted by atomic mass is 19.4. The molecule has 13 heteroatoms. The van der Waals surface area contributed by atoms with E-state index < -0.39 is 12.1 Å².